The molecule has 0 saturated heterocycles. The molecule has 2 rings (SSSR count). The molecule has 0 heterocycles. The second kappa shape index (κ2) is 4.56. The van der Waals surface area contributed by atoms with Crippen molar-refractivity contribution in [2.45, 2.75) is 25.3 Å². The van der Waals surface area contributed by atoms with Crippen molar-refractivity contribution in [3.8, 4) is 0 Å². The Morgan fingerprint density at radius 1 is 1.36 bits per heavy atom. The summed E-state index contributed by atoms with van der Waals surface area (Å²) in [6.45, 7) is 0.192. The fraction of sp³-hybridized carbons (Fsp3) is 0.500. The molecule has 1 aromatic rings. The van der Waals surface area contributed by atoms with Crippen LogP contribution in [0.2, 0.25) is 0 Å². The Bertz CT molecular complexity index is 298. The van der Waals surface area contributed by atoms with E-state index in [1.165, 1.54) is 24.0 Å². The highest BCUT2D eigenvalue weighted by Gasteiger charge is 2.18. The van der Waals surface area contributed by atoms with Gasteiger partial charge in [-0.2, -0.15) is 0 Å². The van der Waals surface area contributed by atoms with Crippen molar-refractivity contribution in [2.24, 2.45) is 0 Å². The SMILES string of the molecule is FCCNC1CCCc2ccccc21. The molecule has 14 heavy (non-hydrogen) atoms. The number of rotatable bonds is 3. The standard InChI is InChI=1S/C12H16FN/c13-8-9-14-12-7-3-5-10-4-1-2-6-11(10)12/h1-2,4,6,12,14H,3,5,7-9H2. The molecule has 0 spiro atoms. The summed E-state index contributed by atoms with van der Waals surface area (Å²) in [5.74, 6) is 0. The third-order valence-electron chi connectivity index (χ3n) is 2.85. The van der Waals surface area contributed by atoms with Crippen molar-refractivity contribution in [3.05, 3.63) is 35.4 Å². The molecule has 76 valence electrons. The summed E-state index contributed by atoms with van der Waals surface area (Å²) in [6, 6.07) is 8.85. The zero-order valence-corrected chi connectivity index (χ0v) is 8.30. The Balaban J connectivity index is 2.14. The molecule has 0 bridgehead atoms. The molecule has 1 aliphatic carbocycles. The molecular formula is C12H16FN. The van der Waals surface area contributed by atoms with Gasteiger partial charge in [0.25, 0.3) is 0 Å². The van der Waals surface area contributed by atoms with Gasteiger partial charge in [-0.1, -0.05) is 24.3 Å². The number of hydrogen-bond donors (Lipinski definition) is 1. The van der Waals surface area contributed by atoms with Crippen LogP contribution in [-0.2, 0) is 6.42 Å². The maximum atomic E-state index is 12.1. The van der Waals surface area contributed by atoms with E-state index in [4.69, 9.17) is 0 Å². The van der Waals surface area contributed by atoms with E-state index in [0.29, 0.717) is 12.6 Å². The van der Waals surface area contributed by atoms with Crippen LogP contribution in [0, 0.1) is 0 Å². The van der Waals surface area contributed by atoms with Crippen molar-refractivity contribution in [1.29, 1.82) is 0 Å². The number of halogens is 1. The highest BCUT2D eigenvalue weighted by molar-refractivity contribution is 5.32. The molecule has 1 atom stereocenters. The van der Waals surface area contributed by atoms with Crippen molar-refractivity contribution in [1.82, 2.24) is 5.32 Å². The normalized spacial score (nSPS) is 20.5. The number of benzene rings is 1. The minimum Gasteiger partial charge on any atom is -0.307 e. The van der Waals surface area contributed by atoms with Crippen molar-refractivity contribution >= 4 is 0 Å². The maximum absolute atomic E-state index is 12.1. The number of nitrogens with one attached hydrogen (secondary N) is 1. The van der Waals surface area contributed by atoms with Gasteiger partial charge in [-0.15, -0.1) is 0 Å². The van der Waals surface area contributed by atoms with Crippen LogP contribution in [0.5, 0.6) is 0 Å². The highest BCUT2D eigenvalue weighted by Crippen LogP contribution is 2.28. The van der Waals surface area contributed by atoms with Crippen molar-refractivity contribution in [2.75, 3.05) is 13.2 Å². The average molecular weight is 193 g/mol. The van der Waals surface area contributed by atoms with Gasteiger partial charge in [0.15, 0.2) is 0 Å². The van der Waals surface area contributed by atoms with Gasteiger partial charge in [-0.3, -0.25) is 0 Å². The molecule has 0 aliphatic heterocycles. The monoisotopic (exact) mass is 193 g/mol. The lowest BCUT2D eigenvalue weighted by Crippen LogP contribution is -2.26. The molecule has 2 heteroatoms. The Labute approximate surface area is 84.3 Å². The molecule has 1 unspecified atom stereocenters. The molecule has 0 radical (unpaired) electrons. The highest BCUT2D eigenvalue weighted by atomic mass is 19.1. The van der Waals surface area contributed by atoms with Gasteiger partial charge in [0.05, 0.1) is 0 Å². The lowest BCUT2D eigenvalue weighted by atomic mass is 9.88. The maximum Gasteiger partial charge on any atom is 0.102 e. The van der Waals surface area contributed by atoms with E-state index in [9.17, 15) is 4.39 Å². The quantitative estimate of drug-likeness (QED) is 0.778. The summed E-state index contributed by atoms with van der Waals surface area (Å²) < 4.78 is 12.1. The molecule has 0 aromatic heterocycles. The van der Waals surface area contributed by atoms with Crippen LogP contribution >= 0.6 is 0 Å². The predicted octanol–water partition coefficient (Wildman–Crippen LogP) is 2.62. The smallest absolute Gasteiger partial charge is 0.102 e. The van der Waals surface area contributed by atoms with Crippen LogP contribution in [-0.4, -0.2) is 13.2 Å². The zero-order valence-electron chi connectivity index (χ0n) is 8.30. The molecule has 1 N–H and O–H groups in total. The van der Waals surface area contributed by atoms with Gasteiger partial charge in [-0.05, 0) is 30.4 Å². The summed E-state index contributed by atoms with van der Waals surface area (Å²) in [5.41, 5.74) is 2.79. The topological polar surface area (TPSA) is 12.0 Å². The molecular weight excluding hydrogens is 177 g/mol. The second-order valence-electron chi connectivity index (χ2n) is 3.79. The van der Waals surface area contributed by atoms with E-state index in [1.807, 2.05) is 0 Å². The van der Waals surface area contributed by atoms with Crippen LogP contribution < -0.4 is 5.32 Å². The fourth-order valence-corrected chi connectivity index (χ4v) is 2.19. The summed E-state index contributed by atoms with van der Waals surface area (Å²) in [4.78, 5) is 0. The Kier molecular flexibility index (Phi) is 3.14. The van der Waals surface area contributed by atoms with Crippen molar-refractivity contribution < 1.29 is 4.39 Å². The van der Waals surface area contributed by atoms with Crippen LogP contribution in [0.25, 0.3) is 0 Å². The predicted molar refractivity (Wildman–Crippen MR) is 56.1 cm³/mol. The van der Waals surface area contributed by atoms with E-state index in [1.54, 1.807) is 0 Å². The average Bonchev–Trinajstić information content (AvgIpc) is 2.26. The van der Waals surface area contributed by atoms with Crippen LogP contribution in [0.3, 0.4) is 0 Å². The summed E-state index contributed by atoms with van der Waals surface area (Å²) in [5, 5.41) is 3.25. The van der Waals surface area contributed by atoms with E-state index in [-0.39, 0.29) is 6.67 Å². The van der Waals surface area contributed by atoms with E-state index < -0.39 is 0 Å². The van der Waals surface area contributed by atoms with E-state index in [0.717, 1.165) is 6.42 Å². The van der Waals surface area contributed by atoms with Gasteiger partial charge in [-0.25, -0.2) is 4.39 Å². The van der Waals surface area contributed by atoms with Gasteiger partial charge in [0.1, 0.15) is 6.67 Å². The molecule has 1 aliphatic rings. The fourth-order valence-electron chi connectivity index (χ4n) is 2.19. The molecule has 0 amide bonds. The minimum atomic E-state index is -0.279. The first kappa shape index (κ1) is 9.66. The minimum absolute atomic E-state index is 0.279. The van der Waals surface area contributed by atoms with E-state index >= 15 is 0 Å². The van der Waals surface area contributed by atoms with E-state index in [2.05, 4.69) is 29.6 Å². The van der Waals surface area contributed by atoms with Gasteiger partial charge in [0.2, 0.25) is 0 Å². The largest absolute Gasteiger partial charge is 0.307 e. The Morgan fingerprint density at radius 3 is 3.07 bits per heavy atom. The van der Waals surface area contributed by atoms with Gasteiger partial charge < -0.3 is 5.32 Å². The summed E-state index contributed by atoms with van der Waals surface area (Å²) in [6.07, 6.45) is 3.52. The lowest BCUT2D eigenvalue weighted by Gasteiger charge is -2.26. The van der Waals surface area contributed by atoms with Gasteiger partial charge >= 0.3 is 0 Å². The first-order valence-electron chi connectivity index (χ1n) is 5.29. The molecule has 1 nitrogen and oxygen atoms in total. The van der Waals surface area contributed by atoms with Gasteiger partial charge in [0, 0.05) is 12.6 Å². The Hall–Kier alpha value is -0.890. The second-order valence-corrected chi connectivity index (χ2v) is 3.79. The first-order valence-corrected chi connectivity index (χ1v) is 5.29. The molecule has 0 fully saturated rings. The van der Waals surface area contributed by atoms with Crippen LogP contribution in [0.15, 0.2) is 24.3 Å². The zero-order chi connectivity index (χ0) is 9.80. The number of alkyl halides is 1. The Morgan fingerprint density at radius 2 is 2.21 bits per heavy atom. The third-order valence-corrected chi connectivity index (χ3v) is 2.85. The third kappa shape index (κ3) is 1.95. The number of hydrogen-bond acceptors (Lipinski definition) is 1. The summed E-state index contributed by atoms with van der Waals surface area (Å²) >= 11 is 0. The first-order chi connectivity index (χ1) is 6.92. The summed E-state index contributed by atoms with van der Waals surface area (Å²) in [7, 11) is 0. The number of aryl methyl sites for hydroxylation is 1. The van der Waals surface area contributed by atoms with Crippen LogP contribution in [0.1, 0.15) is 30.0 Å². The lowest BCUT2D eigenvalue weighted by molar-refractivity contribution is 0.407. The number of fused-ring (bicyclic) bond motifs is 1. The molecule has 1 aromatic carbocycles. The van der Waals surface area contributed by atoms with Crippen LogP contribution in [0.4, 0.5) is 4.39 Å². The van der Waals surface area contributed by atoms with Crippen molar-refractivity contribution in [3.63, 3.8) is 0 Å². The molecule has 0 saturated carbocycles.